The number of amides is 1. The third kappa shape index (κ3) is 6.99. The van der Waals surface area contributed by atoms with Gasteiger partial charge in [-0.25, -0.2) is 0 Å². The molecule has 0 aliphatic carbocycles. The zero-order valence-electron chi connectivity index (χ0n) is 18.9. The maximum atomic E-state index is 12.3. The number of carbonyl (C=O) groups is 1. The van der Waals surface area contributed by atoms with Gasteiger partial charge in [0.15, 0.2) is 5.11 Å². The zero-order chi connectivity index (χ0) is 24.9. The van der Waals surface area contributed by atoms with Crippen LogP contribution in [0.25, 0.3) is 17.4 Å². The fourth-order valence-electron chi connectivity index (χ4n) is 3.66. The second-order valence-electron chi connectivity index (χ2n) is 8.09. The van der Waals surface area contributed by atoms with Crippen molar-refractivity contribution in [2.75, 3.05) is 43.4 Å². The number of rotatable bonds is 5. The van der Waals surface area contributed by atoms with Crippen LogP contribution in [0.5, 0.6) is 0 Å². The van der Waals surface area contributed by atoms with Gasteiger partial charge in [0.2, 0.25) is 5.91 Å². The smallest absolute Gasteiger partial charge is 0.250 e. The number of furan rings is 1. The molecular weight excluding hydrogens is 527 g/mol. The van der Waals surface area contributed by atoms with E-state index < -0.39 is 5.91 Å². The first-order valence-corrected chi connectivity index (χ1v) is 12.4. The van der Waals surface area contributed by atoms with Gasteiger partial charge >= 0.3 is 0 Å². The van der Waals surface area contributed by atoms with Crippen LogP contribution in [0.3, 0.4) is 0 Å². The molecule has 2 aromatic carbocycles. The zero-order valence-corrected chi connectivity index (χ0v) is 21.9. The standard InChI is InChI=1S/C25H23Cl3N4O2S/c1-31-8-10-32(11-9-31)22-5-2-19(15-21(22)28)29-25(35)30-24(33)7-4-20-3-6-23(34-20)16-12-17(26)14-18(27)13-16/h2-7,12-15H,8-11H2,1H3,(H2,29,30,33,35)/b7-4+. The molecule has 35 heavy (non-hydrogen) atoms. The van der Waals surface area contributed by atoms with Crippen molar-refractivity contribution in [1.29, 1.82) is 0 Å². The quantitative estimate of drug-likeness (QED) is 0.293. The van der Waals surface area contributed by atoms with Gasteiger partial charge in [-0.3, -0.25) is 10.1 Å². The van der Waals surface area contributed by atoms with Crippen molar-refractivity contribution in [2.24, 2.45) is 0 Å². The van der Waals surface area contributed by atoms with Crippen molar-refractivity contribution in [1.82, 2.24) is 10.2 Å². The van der Waals surface area contributed by atoms with Crippen LogP contribution < -0.4 is 15.5 Å². The predicted octanol–water partition coefficient (Wildman–Crippen LogP) is 6.19. The van der Waals surface area contributed by atoms with Gasteiger partial charge in [0.1, 0.15) is 11.5 Å². The minimum Gasteiger partial charge on any atom is -0.457 e. The Kier molecular flexibility index (Phi) is 8.36. The van der Waals surface area contributed by atoms with E-state index in [1.165, 1.54) is 6.08 Å². The van der Waals surface area contributed by atoms with Gasteiger partial charge in [-0.05, 0) is 73.9 Å². The SMILES string of the molecule is CN1CCN(c2ccc(NC(=S)NC(=O)/C=C/c3ccc(-c4cc(Cl)cc(Cl)c4)o3)cc2Cl)CC1. The van der Waals surface area contributed by atoms with Crippen molar-refractivity contribution in [3.05, 3.63) is 75.4 Å². The summed E-state index contributed by atoms with van der Waals surface area (Å²) in [4.78, 5) is 16.8. The van der Waals surface area contributed by atoms with Crippen molar-refractivity contribution < 1.29 is 9.21 Å². The molecule has 1 aromatic heterocycles. The van der Waals surface area contributed by atoms with Gasteiger partial charge in [-0.1, -0.05) is 34.8 Å². The molecule has 6 nitrogen and oxygen atoms in total. The molecule has 1 amide bonds. The van der Waals surface area contributed by atoms with Crippen LogP contribution in [0.4, 0.5) is 11.4 Å². The van der Waals surface area contributed by atoms with Crippen LogP contribution in [-0.4, -0.2) is 49.1 Å². The third-order valence-corrected chi connectivity index (χ3v) is 6.40. The third-order valence-electron chi connectivity index (χ3n) is 5.46. The molecule has 0 radical (unpaired) electrons. The number of halogens is 3. The molecule has 182 valence electrons. The van der Waals surface area contributed by atoms with E-state index in [2.05, 4.69) is 27.5 Å². The molecule has 0 atom stereocenters. The Hall–Kier alpha value is -2.55. The minimum absolute atomic E-state index is 0.164. The first-order chi connectivity index (χ1) is 16.8. The van der Waals surface area contributed by atoms with Crippen molar-refractivity contribution >= 4 is 75.5 Å². The molecule has 1 aliphatic rings. The maximum absolute atomic E-state index is 12.3. The number of nitrogens with zero attached hydrogens (tertiary/aromatic N) is 2. The van der Waals surface area contributed by atoms with Gasteiger partial charge < -0.3 is 19.5 Å². The van der Waals surface area contributed by atoms with E-state index >= 15 is 0 Å². The molecule has 2 N–H and O–H groups in total. The lowest BCUT2D eigenvalue weighted by Gasteiger charge is -2.34. The molecular formula is C25H23Cl3N4O2S. The number of anilines is 2. The molecule has 0 saturated carbocycles. The van der Waals surface area contributed by atoms with Gasteiger partial charge in [-0.15, -0.1) is 0 Å². The van der Waals surface area contributed by atoms with Crippen LogP contribution in [0.1, 0.15) is 5.76 Å². The minimum atomic E-state index is -0.397. The molecule has 0 spiro atoms. The fraction of sp³-hybridized carbons (Fsp3) is 0.200. The highest BCUT2D eigenvalue weighted by molar-refractivity contribution is 7.80. The molecule has 3 aromatic rings. The number of piperazine rings is 1. The van der Waals surface area contributed by atoms with E-state index in [-0.39, 0.29) is 5.11 Å². The summed E-state index contributed by atoms with van der Waals surface area (Å²) in [5.41, 5.74) is 2.42. The summed E-state index contributed by atoms with van der Waals surface area (Å²) >= 11 is 23.9. The molecule has 10 heteroatoms. The Morgan fingerprint density at radius 1 is 1.00 bits per heavy atom. The highest BCUT2D eigenvalue weighted by Crippen LogP contribution is 2.30. The van der Waals surface area contributed by atoms with E-state index in [1.54, 1.807) is 42.5 Å². The summed E-state index contributed by atoms with van der Waals surface area (Å²) in [6.07, 6.45) is 2.89. The Morgan fingerprint density at radius 3 is 2.40 bits per heavy atom. The number of hydrogen-bond acceptors (Lipinski definition) is 5. The molecule has 1 fully saturated rings. The molecule has 1 saturated heterocycles. The number of carbonyl (C=O) groups excluding carboxylic acids is 1. The van der Waals surface area contributed by atoms with Gasteiger partial charge in [0.05, 0.1) is 10.7 Å². The van der Waals surface area contributed by atoms with Crippen LogP contribution >= 0.6 is 47.0 Å². The lowest BCUT2D eigenvalue weighted by Crippen LogP contribution is -2.44. The summed E-state index contributed by atoms with van der Waals surface area (Å²) in [6.45, 7) is 3.84. The largest absolute Gasteiger partial charge is 0.457 e. The Morgan fingerprint density at radius 2 is 1.71 bits per heavy atom. The summed E-state index contributed by atoms with van der Waals surface area (Å²) in [5.74, 6) is 0.686. The Bertz CT molecular complexity index is 1250. The molecule has 0 unspecified atom stereocenters. The second-order valence-corrected chi connectivity index (χ2v) is 9.78. The number of thiocarbonyl (C=S) groups is 1. The average Bonchev–Trinajstić information content (AvgIpc) is 3.27. The molecule has 1 aliphatic heterocycles. The molecule has 0 bridgehead atoms. The van der Waals surface area contributed by atoms with Crippen LogP contribution in [-0.2, 0) is 4.79 Å². The summed E-state index contributed by atoms with van der Waals surface area (Å²) < 4.78 is 5.76. The summed E-state index contributed by atoms with van der Waals surface area (Å²) in [5, 5.41) is 7.42. The topological polar surface area (TPSA) is 60.8 Å². The van der Waals surface area contributed by atoms with Gasteiger partial charge in [-0.2, -0.15) is 0 Å². The maximum Gasteiger partial charge on any atom is 0.250 e. The highest BCUT2D eigenvalue weighted by Gasteiger charge is 2.17. The van der Waals surface area contributed by atoms with Crippen LogP contribution in [0.2, 0.25) is 15.1 Å². The predicted molar refractivity (Wildman–Crippen MR) is 149 cm³/mol. The Balaban J connectivity index is 1.31. The van der Waals surface area contributed by atoms with Crippen LogP contribution in [0, 0.1) is 0 Å². The van der Waals surface area contributed by atoms with Crippen molar-refractivity contribution in [3.8, 4) is 11.3 Å². The van der Waals surface area contributed by atoms with E-state index in [9.17, 15) is 4.79 Å². The van der Waals surface area contributed by atoms with Crippen molar-refractivity contribution in [2.45, 2.75) is 0 Å². The second kappa shape index (κ2) is 11.5. The van der Waals surface area contributed by atoms with E-state index in [0.29, 0.717) is 32.3 Å². The van der Waals surface area contributed by atoms with E-state index in [4.69, 9.17) is 51.4 Å². The van der Waals surface area contributed by atoms with E-state index in [1.807, 2.05) is 12.1 Å². The number of hydrogen-bond donors (Lipinski definition) is 2. The number of benzene rings is 2. The Labute approximate surface area is 224 Å². The average molecular weight is 550 g/mol. The van der Waals surface area contributed by atoms with Gasteiger partial charge in [0.25, 0.3) is 0 Å². The van der Waals surface area contributed by atoms with Gasteiger partial charge in [0, 0.05) is 53.6 Å². The number of nitrogens with one attached hydrogen (secondary N) is 2. The number of likely N-dealkylation sites (N-methyl/N-ethyl adjacent to an activating group) is 1. The summed E-state index contributed by atoms with van der Waals surface area (Å²) in [7, 11) is 2.11. The lowest BCUT2D eigenvalue weighted by molar-refractivity contribution is -0.115. The fourth-order valence-corrected chi connectivity index (χ4v) is 4.70. The summed E-state index contributed by atoms with van der Waals surface area (Å²) in [6, 6.07) is 14.3. The normalized spacial score (nSPS) is 14.3. The molecule has 2 heterocycles. The first-order valence-electron chi connectivity index (χ1n) is 10.9. The van der Waals surface area contributed by atoms with Crippen LogP contribution in [0.15, 0.2) is 59.0 Å². The van der Waals surface area contributed by atoms with Crippen molar-refractivity contribution in [3.63, 3.8) is 0 Å². The monoisotopic (exact) mass is 548 g/mol. The molecule has 4 rings (SSSR count). The van der Waals surface area contributed by atoms with E-state index in [0.717, 1.165) is 37.4 Å². The first kappa shape index (κ1) is 25.5. The lowest BCUT2D eigenvalue weighted by atomic mass is 10.2. The highest BCUT2D eigenvalue weighted by atomic mass is 35.5.